The standard InChI is InChI=1S/C23H25N3O2/c27-17-20-8-6-18(7-9-20)12-21-10-11-25(14-21)23(28)22-13-24-26(16-22)15-19-4-2-1-3-5-19/h1-9,13,16,21,27H,10-12,14-15,17H2. The summed E-state index contributed by atoms with van der Waals surface area (Å²) in [7, 11) is 0. The maximum atomic E-state index is 12.8. The first-order valence-electron chi connectivity index (χ1n) is 9.75. The number of hydrogen-bond donors (Lipinski definition) is 1. The Bertz CT molecular complexity index is 919. The molecule has 1 aromatic heterocycles. The third-order valence-corrected chi connectivity index (χ3v) is 5.37. The van der Waals surface area contributed by atoms with E-state index in [1.807, 2.05) is 46.1 Å². The maximum absolute atomic E-state index is 12.8. The Hall–Kier alpha value is -2.92. The fraction of sp³-hybridized carbons (Fsp3) is 0.304. The zero-order valence-electron chi connectivity index (χ0n) is 15.9. The Morgan fingerprint density at radius 3 is 2.54 bits per heavy atom. The lowest BCUT2D eigenvalue weighted by Gasteiger charge is -2.15. The van der Waals surface area contributed by atoms with Crippen LogP contribution in [-0.2, 0) is 19.6 Å². The average Bonchev–Trinajstić information content (AvgIpc) is 3.39. The van der Waals surface area contributed by atoms with Crippen molar-refractivity contribution in [3.63, 3.8) is 0 Å². The quantitative estimate of drug-likeness (QED) is 0.720. The minimum absolute atomic E-state index is 0.0671. The Morgan fingerprint density at radius 1 is 1.04 bits per heavy atom. The first-order valence-corrected chi connectivity index (χ1v) is 9.75. The largest absolute Gasteiger partial charge is 0.392 e. The Labute approximate surface area is 165 Å². The van der Waals surface area contributed by atoms with Gasteiger partial charge < -0.3 is 10.0 Å². The molecule has 3 aromatic rings. The molecule has 0 aliphatic carbocycles. The van der Waals surface area contributed by atoms with Crippen molar-refractivity contribution in [2.24, 2.45) is 5.92 Å². The Morgan fingerprint density at radius 2 is 1.79 bits per heavy atom. The predicted octanol–water partition coefficient (Wildman–Crippen LogP) is 3.13. The van der Waals surface area contributed by atoms with Crippen molar-refractivity contribution >= 4 is 5.91 Å². The van der Waals surface area contributed by atoms with Gasteiger partial charge in [0.15, 0.2) is 0 Å². The fourth-order valence-corrected chi connectivity index (χ4v) is 3.81. The van der Waals surface area contributed by atoms with E-state index < -0.39 is 0 Å². The van der Waals surface area contributed by atoms with Crippen LogP contribution >= 0.6 is 0 Å². The van der Waals surface area contributed by atoms with E-state index in [1.54, 1.807) is 6.20 Å². The molecule has 0 spiro atoms. The molecule has 2 heterocycles. The molecule has 1 fully saturated rings. The predicted molar refractivity (Wildman–Crippen MR) is 108 cm³/mol. The van der Waals surface area contributed by atoms with E-state index in [9.17, 15) is 4.79 Å². The summed E-state index contributed by atoms with van der Waals surface area (Å²) < 4.78 is 1.82. The van der Waals surface area contributed by atoms with Crippen LogP contribution in [0.15, 0.2) is 67.0 Å². The van der Waals surface area contributed by atoms with Crippen LogP contribution in [0.3, 0.4) is 0 Å². The van der Waals surface area contributed by atoms with Gasteiger partial charge in [-0.05, 0) is 35.4 Å². The molecule has 1 amide bonds. The zero-order valence-corrected chi connectivity index (χ0v) is 15.9. The van der Waals surface area contributed by atoms with Gasteiger partial charge in [-0.15, -0.1) is 0 Å². The van der Waals surface area contributed by atoms with Gasteiger partial charge in [0.2, 0.25) is 0 Å². The van der Waals surface area contributed by atoms with E-state index in [2.05, 4.69) is 29.4 Å². The second-order valence-corrected chi connectivity index (χ2v) is 7.50. The highest BCUT2D eigenvalue weighted by Gasteiger charge is 2.27. The maximum Gasteiger partial charge on any atom is 0.257 e. The third-order valence-electron chi connectivity index (χ3n) is 5.37. The SMILES string of the molecule is O=C(c1cnn(Cc2ccccc2)c1)N1CCC(Cc2ccc(CO)cc2)C1. The molecule has 1 unspecified atom stereocenters. The van der Waals surface area contributed by atoms with Crippen molar-refractivity contribution in [1.29, 1.82) is 0 Å². The van der Waals surface area contributed by atoms with E-state index in [0.717, 1.165) is 37.1 Å². The molecule has 1 saturated heterocycles. The minimum Gasteiger partial charge on any atom is -0.392 e. The summed E-state index contributed by atoms with van der Waals surface area (Å²) in [5.41, 5.74) is 4.01. The van der Waals surface area contributed by atoms with Crippen LogP contribution in [0.4, 0.5) is 0 Å². The average molecular weight is 375 g/mol. The van der Waals surface area contributed by atoms with Gasteiger partial charge in [-0.2, -0.15) is 5.10 Å². The number of hydrogen-bond acceptors (Lipinski definition) is 3. The molecular formula is C23H25N3O2. The molecule has 2 aromatic carbocycles. The molecule has 144 valence electrons. The van der Waals surface area contributed by atoms with Crippen molar-refractivity contribution in [2.75, 3.05) is 13.1 Å². The zero-order chi connectivity index (χ0) is 19.3. The van der Waals surface area contributed by atoms with Crippen LogP contribution in [-0.4, -0.2) is 38.8 Å². The highest BCUT2D eigenvalue weighted by molar-refractivity contribution is 5.93. The van der Waals surface area contributed by atoms with Crippen molar-refractivity contribution < 1.29 is 9.90 Å². The highest BCUT2D eigenvalue weighted by Crippen LogP contribution is 2.23. The first kappa shape index (κ1) is 18.4. The minimum atomic E-state index is 0.0671. The van der Waals surface area contributed by atoms with Gasteiger partial charge in [-0.3, -0.25) is 9.48 Å². The second kappa shape index (κ2) is 8.40. The topological polar surface area (TPSA) is 58.4 Å². The van der Waals surface area contributed by atoms with E-state index in [0.29, 0.717) is 18.0 Å². The number of likely N-dealkylation sites (tertiary alicyclic amines) is 1. The summed E-state index contributed by atoms with van der Waals surface area (Å²) >= 11 is 0. The van der Waals surface area contributed by atoms with Crippen LogP contribution < -0.4 is 0 Å². The number of carbonyl (C=O) groups excluding carboxylic acids is 1. The van der Waals surface area contributed by atoms with Crippen molar-refractivity contribution in [1.82, 2.24) is 14.7 Å². The van der Waals surface area contributed by atoms with Crippen LogP contribution in [0.1, 0.15) is 33.5 Å². The summed E-state index contributed by atoms with van der Waals surface area (Å²) in [6, 6.07) is 18.2. The highest BCUT2D eigenvalue weighted by atomic mass is 16.3. The lowest BCUT2D eigenvalue weighted by Crippen LogP contribution is -2.28. The normalized spacial score (nSPS) is 16.5. The van der Waals surface area contributed by atoms with E-state index in [4.69, 9.17) is 5.11 Å². The van der Waals surface area contributed by atoms with Gasteiger partial charge in [0, 0.05) is 19.3 Å². The van der Waals surface area contributed by atoms with Crippen LogP contribution in [0.5, 0.6) is 0 Å². The third kappa shape index (κ3) is 4.31. The summed E-state index contributed by atoms with van der Waals surface area (Å²) in [4.78, 5) is 14.8. The molecule has 1 aliphatic heterocycles. The molecule has 1 aliphatic rings. The summed E-state index contributed by atoms with van der Waals surface area (Å²) in [6.07, 6.45) is 5.50. The Balaban J connectivity index is 1.34. The molecular weight excluding hydrogens is 350 g/mol. The van der Waals surface area contributed by atoms with Crippen molar-refractivity contribution in [2.45, 2.75) is 26.0 Å². The number of aromatic nitrogens is 2. The molecule has 28 heavy (non-hydrogen) atoms. The monoisotopic (exact) mass is 375 g/mol. The van der Waals surface area contributed by atoms with Crippen LogP contribution in [0, 0.1) is 5.92 Å². The fourth-order valence-electron chi connectivity index (χ4n) is 3.81. The smallest absolute Gasteiger partial charge is 0.257 e. The lowest BCUT2D eigenvalue weighted by atomic mass is 9.98. The number of nitrogens with zero attached hydrogens (tertiary/aromatic N) is 3. The molecule has 1 N–H and O–H groups in total. The van der Waals surface area contributed by atoms with Crippen LogP contribution in [0.2, 0.25) is 0 Å². The lowest BCUT2D eigenvalue weighted by molar-refractivity contribution is 0.0787. The van der Waals surface area contributed by atoms with Crippen molar-refractivity contribution in [3.8, 4) is 0 Å². The number of amides is 1. The molecule has 0 bridgehead atoms. The van der Waals surface area contributed by atoms with Gasteiger partial charge >= 0.3 is 0 Å². The number of rotatable bonds is 6. The molecule has 0 radical (unpaired) electrons. The van der Waals surface area contributed by atoms with E-state index >= 15 is 0 Å². The number of benzene rings is 2. The van der Waals surface area contributed by atoms with Gasteiger partial charge in [0.05, 0.1) is 24.9 Å². The Kier molecular flexibility index (Phi) is 5.53. The molecule has 4 rings (SSSR count). The number of aliphatic hydroxyl groups is 1. The molecule has 1 atom stereocenters. The van der Waals surface area contributed by atoms with Gasteiger partial charge in [-0.1, -0.05) is 54.6 Å². The van der Waals surface area contributed by atoms with E-state index in [1.165, 1.54) is 5.56 Å². The van der Waals surface area contributed by atoms with Gasteiger partial charge in [0.1, 0.15) is 0 Å². The number of aliphatic hydroxyl groups excluding tert-OH is 1. The van der Waals surface area contributed by atoms with Crippen molar-refractivity contribution in [3.05, 3.63) is 89.2 Å². The second-order valence-electron chi connectivity index (χ2n) is 7.50. The molecule has 0 saturated carbocycles. The summed E-state index contributed by atoms with van der Waals surface area (Å²) in [5.74, 6) is 0.542. The number of carbonyl (C=O) groups is 1. The summed E-state index contributed by atoms with van der Waals surface area (Å²) in [6.45, 7) is 2.32. The van der Waals surface area contributed by atoms with Gasteiger partial charge in [-0.25, -0.2) is 0 Å². The molecule has 5 heteroatoms. The van der Waals surface area contributed by atoms with Gasteiger partial charge in [0.25, 0.3) is 5.91 Å². The van der Waals surface area contributed by atoms with E-state index in [-0.39, 0.29) is 12.5 Å². The summed E-state index contributed by atoms with van der Waals surface area (Å²) in [5, 5.41) is 13.5. The first-order chi connectivity index (χ1) is 13.7. The molecule has 5 nitrogen and oxygen atoms in total. The van der Waals surface area contributed by atoms with Crippen LogP contribution in [0.25, 0.3) is 0 Å².